The van der Waals surface area contributed by atoms with Crippen molar-refractivity contribution in [2.45, 2.75) is 12.2 Å². The Hall–Kier alpha value is -2.00. The lowest BCUT2D eigenvalue weighted by Crippen LogP contribution is -2.26. The number of amides is 1. The summed E-state index contributed by atoms with van der Waals surface area (Å²) in [6, 6.07) is 3.42. The Morgan fingerprint density at radius 3 is 3.23 bits per heavy atom. The van der Waals surface area contributed by atoms with Crippen LogP contribution in [0.3, 0.4) is 0 Å². The summed E-state index contributed by atoms with van der Waals surface area (Å²) in [6.07, 6.45) is 4.40. The van der Waals surface area contributed by atoms with Crippen LogP contribution < -0.4 is 5.32 Å². The molecule has 0 aliphatic carbocycles. The van der Waals surface area contributed by atoms with Crippen LogP contribution >= 0.6 is 23.1 Å². The highest BCUT2D eigenvalue weighted by atomic mass is 32.2. The van der Waals surface area contributed by atoms with Gasteiger partial charge < -0.3 is 5.32 Å². The smallest absolute Gasteiger partial charge is 0.252 e. The number of hydrogen-bond donors (Lipinski definition) is 1. The average molecular weight is 334 g/mol. The van der Waals surface area contributed by atoms with Gasteiger partial charge in [0.1, 0.15) is 5.01 Å². The molecule has 9 heteroatoms. The molecule has 0 saturated heterocycles. The third-order valence-corrected chi connectivity index (χ3v) is 4.63. The zero-order valence-corrected chi connectivity index (χ0v) is 13.5. The third kappa shape index (κ3) is 3.42. The largest absolute Gasteiger partial charge is 0.352 e. The van der Waals surface area contributed by atoms with Crippen molar-refractivity contribution in [3.05, 3.63) is 40.0 Å². The van der Waals surface area contributed by atoms with Crippen LogP contribution in [0.5, 0.6) is 0 Å². The molecule has 114 valence electrons. The van der Waals surface area contributed by atoms with Crippen molar-refractivity contribution in [1.82, 2.24) is 30.3 Å². The number of nitrogens with one attached hydrogen (secondary N) is 1. The van der Waals surface area contributed by atoms with Gasteiger partial charge in [-0.05, 0) is 28.8 Å². The molecule has 0 spiro atoms. The zero-order chi connectivity index (χ0) is 15.4. The Labute approximate surface area is 135 Å². The minimum absolute atomic E-state index is 0.142. The van der Waals surface area contributed by atoms with E-state index < -0.39 is 0 Å². The standard InChI is InChI=1S/C13H14N6OS2/c1-21-8-12-15-10(7-22-12)4-5-14-13(20)9-2-3-11-16-17-18-19(11)6-9/h2-3,6-7H,4-5,8H2,1H3,(H,14,20). The molecule has 1 amide bonds. The molecule has 3 aromatic rings. The summed E-state index contributed by atoms with van der Waals surface area (Å²) in [5, 5.41) is 17.2. The Morgan fingerprint density at radius 2 is 2.36 bits per heavy atom. The van der Waals surface area contributed by atoms with Crippen LogP contribution in [0, 0.1) is 0 Å². The summed E-state index contributed by atoms with van der Waals surface area (Å²) >= 11 is 3.42. The second-order valence-electron chi connectivity index (χ2n) is 4.57. The maximum Gasteiger partial charge on any atom is 0.252 e. The van der Waals surface area contributed by atoms with Gasteiger partial charge in [-0.3, -0.25) is 4.79 Å². The van der Waals surface area contributed by atoms with Gasteiger partial charge in [0.2, 0.25) is 0 Å². The first kappa shape index (κ1) is 14.9. The van der Waals surface area contributed by atoms with E-state index in [0.717, 1.165) is 22.9 Å². The number of carbonyl (C=O) groups is 1. The SMILES string of the molecule is CSCc1nc(CCNC(=O)c2ccc3nnnn3c2)cs1. The number of carbonyl (C=O) groups excluding carboxylic acids is 1. The molecule has 0 saturated carbocycles. The quantitative estimate of drug-likeness (QED) is 0.734. The van der Waals surface area contributed by atoms with E-state index in [2.05, 4.69) is 32.1 Å². The van der Waals surface area contributed by atoms with Crippen molar-refractivity contribution in [3.63, 3.8) is 0 Å². The van der Waals surface area contributed by atoms with E-state index in [-0.39, 0.29) is 5.91 Å². The highest BCUT2D eigenvalue weighted by molar-refractivity contribution is 7.97. The molecular formula is C13H14N6OS2. The van der Waals surface area contributed by atoms with E-state index in [1.54, 1.807) is 41.4 Å². The molecule has 0 radical (unpaired) electrons. The average Bonchev–Trinajstić information content (AvgIpc) is 3.15. The third-order valence-electron chi connectivity index (χ3n) is 2.99. The molecule has 3 heterocycles. The molecule has 0 aromatic carbocycles. The van der Waals surface area contributed by atoms with Gasteiger partial charge in [0.25, 0.3) is 5.91 Å². The van der Waals surface area contributed by atoms with E-state index >= 15 is 0 Å². The topological polar surface area (TPSA) is 85.1 Å². The predicted molar refractivity (Wildman–Crippen MR) is 86.2 cm³/mol. The maximum absolute atomic E-state index is 12.1. The first-order valence-corrected chi connectivity index (χ1v) is 8.92. The second kappa shape index (κ2) is 6.84. The Bertz CT molecular complexity index is 784. The van der Waals surface area contributed by atoms with Crippen LogP contribution in [0.1, 0.15) is 21.1 Å². The number of aromatic nitrogens is 5. The van der Waals surface area contributed by atoms with Crippen LogP contribution in [-0.2, 0) is 12.2 Å². The number of thiazole rings is 1. The highest BCUT2D eigenvalue weighted by Gasteiger charge is 2.08. The lowest BCUT2D eigenvalue weighted by molar-refractivity contribution is 0.0953. The predicted octanol–water partition coefficient (Wildman–Crippen LogP) is 1.42. The minimum atomic E-state index is -0.142. The van der Waals surface area contributed by atoms with Crippen molar-refractivity contribution < 1.29 is 4.79 Å². The Morgan fingerprint density at radius 1 is 1.45 bits per heavy atom. The van der Waals surface area contributed by atoms with Gasteiger partial charge in [-0.2, -0.15) is 16.3 Å². The van der Waals surface area contributed by atoms with Gasteiger partial charge >= 0.3 is 0 Å². The van der Waals surface area contributed by atoms with Crippen LogP contribution in [0.25, 0.3) is 5.65 Å². The number of rotatable bonds is 6. The summed E-state index contributed by atoms with van der Waals surface area (Å²) in [4.78, 5) is 16.6. The summed E-state index contributed by atoms with van der Waals surface area (Å²) in [7, 11) is 0. The van der Waals surface area contributed by atoms with E-state index in [0.29, 0.717) is 17.8 Å². The van der Waals surface area contributed by atoms with E-state index in [4.69, 9.17) is 0 Å². The number of pyridine rings is 1. The Balaban J connectivity index is 1.55. The Kier molecular flexibility index (Phi) is 4.64. The van der Waals surface area contributed by atoms with Crippen LogP contribution in [-0.4, -0.2) is 43.7 Å². The second-order valence-corrected chi connectivity index (χ2v) is 6.38. The molecule has 0 bridgehead atoms. The first-order valence-electron chi connectivity index (χ1n) is 6.64. The lowest BCUT2D eigenvalue weighted by atomic mass is 10.2. The van der Waals surface area contributed by atoms with Gasteiger partial charge in [-0.25, -0.2) is 4.98 Å². The summed E-state index contributed by atoms with van der Waals surface area (Å²) in [5.74, 6) is 0.792. The highest BCUT2D eigenvalue weighted by Crippen LogP contribution is 2.15. The van der Waals surface area contributed by atoms with Gasteiger partial charge in [0.15, 0.2) is 5.65 Å². The molecular weight excluding hydrogens is 320 g/mol. The fourth-order valence-electron chi connectivity index (χ4n) is 1.94. The molecule has 0 unspecified atom stereocenters. The fraction of sp³-hybridized carbons (Fsp3) is 0.308. The summed E-state index contributed by atoms with van der Waals surface area (Å²) in [5.41, 5.74) is 2.16. The van der Waals surface area contributed by atoms with Crippen molar-refractivity contribution >= 4 is 34.7 Å². The van der Waals surface area contributed by atoms with Gasteiger partial charge in [-0.1, -0.05) is 0 Å². The van der Waals surface area contributed by atoms with Crippen LogP contribution in [0.4, 0.5) is 0 Å². The minimum Gasteiger partial charge on any atom is -0.352 e. The van der Waals surface area contributed by atoms with E-state index in [9.17, 15) is 4.79 Å². The molecule has 0 atom stereocenters. The zero-order valence-electron chi connectivity index (χ0n) is 11.9. The maximum atomic E-state index is 12.1. The molecule has 0 aliphatic rings. The monoisotopic (exact) mass is 334 g/mol. The van der Waals surface area contributed by atoms with Crippen molar-refractivity contribution in [1.29, 1.82) is 0 Å². The number of hydrogen-bond acceptors (Lipinski definition) is 7. The summed E-state index contributed by atoms with van der Waals surface area (Å²) < 4.78 is 1.48. The van der Waals surface area contributed by atoms with E-state index in [1.165, 1.54) is 4.52 Å². The first-order chi connectivity index (χ1) is 10.8. The molecule has 22 heavy (non-hydrogen) atoms. The molecule has 7 nitrogen and oxygen atoms in total. The van der Waals surface area contributed by atoms with E-state index in [1.807, 2.05) is 5.38 Å². The molecule has 1 N–H and O–H groups in total. The summed E-state index contributed by atoms with van der Waals surface area (Å²) in [6.45, 7) is 0.551. The molecule has 0 fully saturated rings. The van der Waals surface area contributed by atoms with Gasteiger partial charge in [0.05, 0.1) is 11.3 Å². The van der Waals surface area contributed by atoms with Gasteiger partial charge in [0, 0.05) is 30.3 Å². The lowest BCUT2D eigenvalue weighted by Gasteiger charge is -2.04. The van der Waals surface area contributed by atoms with Crippen molar-refractivity contribution in [3.8, 4) is 0 Å². The normalized spacial score (nSPS) is 11.0. The number of tetrazole rings is 1. The number of nitrogens with zero attached hydrogens (tertiary/aromatic N) is 5. The number of fused-ring (bicyclic) bond motifs is 1. The molecule has 3 aromatic heterocycles. The fourth-order valence-corrected chi connectivity index (χ4v) is 3.49. The van der Waals surface area contributed by atoms with Crippen LogP contribution in [0.15, 0.2) is 23.7 Å². The van der Waals surface area contributed by atoms with Crippen molar-refractivity contribution in [2.75, 3.05) is 12.8 Å². The molecule has 3 rings (SSSR count). The van der Waals surface area contributed by atoms with Crippen molar-refractivity contribution in [2.24, 2.45) is 0 Å². The number of thioether (sulfide) groups is 1. The molecule has 0 aliphatic heterocycles. The van der Waals surface area contributed by atoms with Gasteiger partial charge in [-0.15, -0.1) is 16.4 Å². The van der Waals surface area contributed by atoms with Crippen LogP contribution in [0.2, 0.25) is 0 Å².